The molecule has 0 aliphatic rings. The third kappa shape index (κ3) is 6.24. The summed E-state index contributed by atoms with van der Waals surface area (Å²) in [6.07, 6.45) is 0. The van der Waals surface area contributed by atoms with Gasteiger partial charge in [-0.3, -0.25) is 9.59 Å². The molecule has 2 aromatic carbocycles. The molecule has 0 saturated heterocycles. The highest BCUT2D eigenvalue weighted by Crippen LogP contribution is 2.24. The maximum Gasteiger partial charge on any atom is 0.252 e. The largest absolute Gasteiger partial charge is 0.353 e. The lowest BCUT2D eigenvalue weighted by molar-refractivity contribution is -0.119. The molecule has 0 aromatic heterocycles. The fourth-order valence-electron chi connectivity index (χ4n) is 2.22. The van der Waals surface area contributed by atoms with Crippen LogP contribution in [0.15, 0.2) is 47.4 Å². The van der Waals surface area contributed by atoms with Gasteiger partial charge >= 0.3 is 0 Å². The van der Waals surface area contributed by atoms with Gasteiger partial charge in [0.25, 0.3) is 5.91 Å². The SMILES string of the molecule is CC(C)NC(=O)CSc1ccccc1C(=O)NCc1ccc(Cl)cc1Cl. The molecule has 4 nitrogen and oxygen atoms in total. The summed E-state index contributed by atoms with van der Waals surface area (Å²) in [6, 6.07) is 12.4. The third-order valence-corrected chi connectivity index (χ3v) is 5.06. The van der Waals surface area contributed by atoms with E-state index >= 15 is 0 Å². The Bertz CT molecular complexity index is 797. The van der Waals surface area contributed by atoms with E-state index in [4.69, 9.17) is 23.2 Å². The van der Waals surface area contributed by atoms with Gasteiger partial charge in [0.05, 0.1) is 11.3 Å². The second-order valence-corrected chi connectivity index (χ2v) is 7.79. The van der Waals surface area contributed by atoms with E-state index in [0.717, 1.165) is 10.5 Å². The van der Waals surface area contributed by atoms with Gasteiger partial charge in [-0.05, 0) is 43.7 Å². The quantitative estimate of drug-likeness (QED) is 0.658. The molecule has 2 aromatic rings. The normalized spacial score (nSPS) is 10.7. The van der Waals surface area contributed by atoms with Crippen molar-refractivity contribution in [2.24, 2.45) is 0 Å². The molecule has 0 bridgehead atoms. The minimum Gasteiger partial charge on any atom is -0.353 e. The van der Waals surface area contributed by atoms with Crippen molar-refractivity contribution >= 4 is 46.8 Å². The van der Waals surface area contributed by atoms with E-state index in [1.54, 1.807) is 30.3 Å². The van der Waals surface area contributed by atoms with Crippen LogP contribution in [0.3, 0.4) is 0 Å². The fraction of sp³-hybridized carbons (Fsp3) is 0.263. The number of hydrogen-bond donors (Lipinski definition) is 2. The molecule has 2 amide bonds. The lowest BCUT2D eigenvalue weighted by Gasteiger charge is -2.12. The number of thioether (sulfide) groups is 1. The van der Waals surface area contributed by atoms with Crippen LogP contribution in [-0.4, -0.2) is 23.6 Å². The first kappa shape index (κ1) is 20.6. The van der Waals surface area contributed by atoms with Gasteiger partial charge in [0.1, 0.15) is 0 Å². The minimum absolute atomic E-state index is 0.0619. The van der Waals surface area contributed by atoms with Crippen LogP contribution in [0.4, 0.5) is 0 Å². The van der Waals surface area contributed by atoms with Gasteiger partial charge in [0.15, 0.2) is 0 Å². The van der Waals surface area contributed by atoms with E-state index in [2.05, 4.69) is 10.6 Å². The molecule has 26 heavy (non-hydrogen) atoms. The van der Waals surface area contributed by atoms with E-state index in [1.165, 1.54) is 11.8 Å². The first-order valence-electron chi connectivity index (χ1n) is 8.10. The Hall–Kier alpha value is -1.69. The zero-order valence-electron chi connectivity index (χ0n) is 14.5. The van der Waals surface area contributed by atoms with Crippen LogP contribution in [0.2, 0.25) is 10.0 Å². The monoisotopic (exact) mass is 410 g/mol. The van der Waals surface area contributed by atoms with Gasteiger partial charge < -0.3 is 10.6 Å². The van der Waals surface area contributed by atoms with Gasteiger partial charge in [-0.1, -0.05) is 41.4 Å². The van der Waals surface area contributed by atoms with Crippen LogP contribution in [0.5, 0.6) is 0 Å². The van der Waals surface area contributed by atoms with Crippen molar-refractivity contribution in [1.29, 1.82) is 0 Å². The van der Waals surface area contributed by atoms with E-state index < -0.39 is 0 Å². The molecule has 0 radical (unpaired) electrons. The van der Waals surface area contributed by atoms with Crippen LogP contribution in [-0.2, 0) is 11.3 Å². The van der Waals surface area contributed by atoms with E-state index in [0.29, 0.717) is 22.2 Å². The summed E-state index contributed by atoms with van der Waals surface area (Å²) in [5.41, 5.74) is 1.31. The highest BCUT2D eigenvalue weighted by molar-refractivity contribution is 8.00. The summed E-state index contributed by atoms with van der Waals surface area (Å²) in [6.45, 7) is 4.11. The van der Waals surface area contributed by atoms with Crippen LogP contribution >= 0.6 is 35.0 Å². The maximum absolute atomic E-state index is 12.5. The number of benzene rings is 2. The van der Waals surface area contributed by atoms with Crippen LogP contribution < -0.4 is 10.6 Å². The second kappa shape index (κ2) is 9.86. The molecular weight excluding hydrogens is 391 g/mol. The molecular formula is C19H20Cl2N2O2S. The Morgan fingerprint density at radius 3 is 2.54 bits per heavy atom. The molecule has 7 heteroatoms. The Morgan fingerprint density at radius 2 is 1.85 bits per heavy atom. The van der Waals surface area contributed by atoms with Crippen molar-refractivity contribution in [2.45, 2.75) is 31.3 Å². The third-order valence-electron chi connectivity index (χ3n) is 3.39. The van der Waals surface area contributed by atoms with Crippen LogP contribution in [0.1, 0.15) is 29.8 Å². The first-order chi connectivity index (χ1) is 12.4. The molecule has 0 atom stereocenters. The number of rotatable bonds is 7. The van der Waals surface area contributed by atoms with E-state index in [-0.39, 0.29) is 23.6 Å². The lowest BCUT2D eigenvalue weighted by atomic mass is 10.2. The molecule has 0 aliphatic carbocycles. The van der Waals surface area contributed by atoms with Crippen LogP contribution in [0, 0.1) is 0 Å². The first-order valence-corrected chi connectivity index (χ1v) is 9.84. The number of hydrogen-bond acceptors (Lipinski definition) is 3. The zero-order valence-corrected chi connectivity index (χ0v) is 16.8. The van der Waals surface area contributed by atoms with Crippen LogP contribution in [0.25, 0.3) is 0 Å². The Kier molecular flexibility index (Phi) is 7.82. The van der Waals surface area contributed by atoms with Crippen molar-refractivity contribution in [2.75, 3.05) is 5.75 Å². The molecule has 2 rings (SSSR count). The van der Waals surface area contributed by atoms with Gasteiger partial charge in [0.2, 0.25) is 5.91 Å². The number of halogens is 2. The van der Waals surface area contributed by atoms with Crippen molar-refractivity contribution < 1.29 is 9.59 Å². The summed E-state index contributed by atoms with van der Waals surface area (Å²) in [7, 11) is 0. The summed E-state index contributed by atoms with van der Waals surface area (Å²) in [4.78, 5) is 25.1. The Labute approximate surface area is 167 Å². The minimum atomic E-state index is -0.219. The van der Waals surface area contributed by atoms with Crippen molar-refractivity contribution in [1.82, 2.24) is 10.6 Å². The van der Waals surface area contributed by atoms with Gasteiger partial charge in [-0.15, -0.1) is 11.8 Å². The zero-order chi connectivity index (χ0) is 19.1. The maximum atomic E-state index is 12.5. The predicted octanol–water partition coefficient (Wildman–Crippen LogP) is 4.54. The highest BCUT2D eigenvalue weighted by Gasteiger charge is 2.13. The van der Waals surface area contributed by atoms with Gasteiger partial charge in [-0.2, -0.15) is 0 Å². The average molecular weight is 411 g/mol. The Balaban J connectivity index is 2.01. The lowest BCUT2D eigenvalue weighted by Crippen LogP contribution is -2.31. The molecule has 0 spiro atoms. The Morgan fingerprint density at radius 1 is 1.12 bits per heavy atom. The molecule has 0 unspecified atom stereocenters. The van der Waals surface area contributed by atoms with Crippen molar-refractivity contribution in [3.63, 3.8) is 0 Å². The smallest absolute Gasteiger partial charge is 0.252 e. The summed E-state index contributed by atoms with van der Waals surface area (Å²) >= 11 is 13.3. The number of carbonyl (C=O) groups excluding carboxylic acids is 2. The summed E-state index contributed by atoms with van der Waals surface area (Å²) in [5, 5.41) is 6.74. The van der Waals surface area contributed by atoms with Crippen molar-refractivity contribution in [3.8, 4) is 0 Å². The molecule has 0 aliphatic heterocycles. The molecule has 2 N–H and O–H groups in total. The standard InChI is InChI=1S/C19H20Cl2N2O2S/c1-12(2)23-18(24)11-26-17-6-4-3-5-15(17)19(25)22-10-13-7-8-14(20)9-16(13)21/h3-9,12H,10-11H2,1-2H3,(H,22,25)(H,23,24). The molecule has 0 saturated carbocycles. The average Bonchev–Trinajstić information content (AvgIpc) is 2.58. The number of nitrogens with one attached hydrogen (secondary N) is 2. The highest BCUT2D eigenvalue weighted by atomic mass is 35.5. The second-order valence-electron chi connectivity index (χ2n) is 5.93. The van der Waals surface area contributed by atoms with Gasteiger partial charge in [-0.25, -0.2) is 0 Å². The topological polar surface area (TPSA) is 58.2 Å². The number of amides is 2. The summed E-state index contributed by atoms with van der Waals surface area (Å²) < 4.78 is 0. The van der Waals surface area contributed by atoms with Crippen molar-refractivity contribution in [3.05, 3.63) is 63.6 Å². The van der Waals surface area contributed by atoms with E-state index in [1.807, 2.05) is 26.0 Å². The predicted molar refractivity (Wildman–Crippen MR) is 108 cm³/mol. The van der Waals surface area contributed by atoms with E-state index in [9.17, 15) is 9.59 Å². The molecule has 0 fully saturated rings. The van der Waals surface area contributed by atoms with Gasteiger partial charge in [0, 0.05) is 27.5 Å². The summed E-state index contributed by atoms with van der Waals surface area (Å²) in [5.74, 6) is -0.0255. The molecule has 138 valence electrons. The number of carbonyl (C=O) groups is 2. The fourth-order valence-corrected chi connectivity index (χ4v) is 3.56. The molecule has 0 heterocycles.